The van der Waals surface area contributed by atoms with Gasteiger partial charge in [0.15, 0.2) is 0 Å². The summed E-state index contributed by atoms with van der Waals surface area (Å²) in [6, 6.07) is 19.7. The molecule has 4 rings (SSSR count). The molecule has 3 aromatic rings. The van der Waals surface area contributed by atoms with Crippen LogP contribution in [0.25, 0.3) is 10.8 Å². The molecule has 7 heteroatoms. The van der Waals surface area contributed by atoms with Crippen molar-refractivity contribution in [2.75, 3.05) is 19.0 Å². The van der Waals surface area contributed by atoms with Gasteiger partial charge in [0, 0.05) is 5.69 Å². The van der Waals surface area contributed by atoms with Crippen LogP contribution >= 0.6 is 0 Å². The van der Waals surface area contributed by atoms with E-state index in [2.05, 4.69) is 10.6 Å². The van der Waals surface area contributed by atoms with Crippen LogP contribution in [-0.4, -0.2) is 36.4 Å². The average Bonchev–Trinajstić information content (AvgIpc) is 3.04. The Morgan fingerprint density at radius 2 is 1.74 bits per heavy atom. The Balaban J connectivity index is 1.51. The Hall–Kier alpha value is -3.87. The molecular weight excluding hydrogens is 394 g/mol. The number of hydrogen-bond donors (Lipinski definition) is 2. The number of imide groups is 1. The first-order valence-electron chi connectivity index (χ1n) is 10.0. The van der Waals surface area contributed by atoms with E-state index >= 15 is 0 Å². The van der Waals surface area contributed by atoms with Gasteiger partial charge in [0.05, 0.1) is 7.11 Å². The van der Waals surface area contributed by atoms with E-state index in [-0.39, 0.29) is 6.54 Å². The molecule has 31 heavy (non-hydrogen) atoms. The van der Waals surface area contributed by atoms with Gasteiger partial charge in [0.25, 0.3) is 5.91 Å². The predicted molar refractivity (Wildman–Crippen MR) is 118 cm³/mol. The van der Waals surface area contributed by atoms with Crippen molar-refractivity contribution >= 4 is 34.3 Å². The van der Waals surface area contributed by atoms with Crippen LogP contribution < -0.4 is 15.4 Å². The number of nitrogens with zero attached hydrogens (tertiary/aromatic N) is 1. The number of carbonyl (C=O) groups excluding carboxylic acids is 3. The third-order valence-corrected chi connectivity index (χ3v) is 5.62. The van der Waals surface area contributed by atoms with Crippen LogP contribution in [0, 0.1) is 0 Å². The van der Waals surface area contributed by atoms with E-state index in [1.807, 2.05) is 43.3 Å². The Morgan fingerprint density at radius 1 is 1.03 bits per heavy atom. The molecule has 1 heterocycles. The number of rotatable bonds is 6. The van der Waals surface area contributed by atoms with Crippen LogP contribution in [0.15, 0.2) is 66.7 Å². The number of methoxy groups -OCH3 is 1. The number of benzene rings is 3. The summed E-state index contributed by atoms with van der Waals surface area (Å²) >= 11 is 0. The molecule has 4 amide bonds. The summed E-state index contributed by atoms with van der Waals surface area (Å²) < 4.78 is 5.17. The smallest absolute Gasteiger partial charge is 0.325 e. The molecule has 1 atom stereocenters. The van der Waals surface area contributed by atoms with Gasteiger partial charge in [-0.25, -0.2) is 4.79 Å². The third kappa shape index (κ3) is 3.70. The monoisotopic (exact) mass is 417 g/mol. The molecule has 3 aromatic carbocycles. The van der Waals surface area contributed by atoms with Crippen LogP contribution in [-0.2, 0) is 15.1 Å². The first kappa shape index (κ1) is 20.4. The summed E-state index contributed by atoms with van der Waals surface area (Å²) in [7, 11) is 1.56. The quantitative estimate of drug-likeness (QED) is 0.600. The molecule has 0 unspecified atom stereocenters. The first-order chi connectivity index (χ1) is 15.0. The minimum atomic E-state index is -1.20. The molecule has 1 aliphatic rings. The summed E-state index contributed by atoms with van der Waals surface area (Å²) in [4.78, 5) is 39.4. The van der Waals surface area contributed by atoms with Gasteiger partial charge < -0.3 is 15.4 Å². The Morgan fingerprint density at radius 3 is 2.42 bits per heavy atom. The van der Waals surface area contributed by atoms with E-state index < -0.39 is 23.4 Å². The number of fused-ring (bicyclic) bond motifs is 1. The maximum absolute atomic E-state index is 13.2. The minimum absolute atomic E-state index is 0.354. The molecule has 0 radical (unpaired) electrons. The second-order valence-corrected chi connectivity index (χ2v) is 7.42. The fraction of sp³-hybridized carbons (Fsp3) is 0.208. The molecule has 0 spiro atoms. The summed E-state index contributed by atoms with van der Waals surface area (Å²) in [5, 5.41) is 7.60. The van der Waals surface area contributed by atoms with Crippen molar-refractivity contribution in [3.05, 3.63) is 72.3 Å². The van der Waals surface area contributed by atoms with E-state index in [1.165, 1.54) is 0 Å². The Bertz CT molecular complexity index is 1160. The maximum atomic E-state index is 13.2. The lowest BCUT2D eigenvalue weighted by atomic mass is 9.87. The van der Waals surface area contributed by atoms with Crippen LogP contribution in [0.3, 0.4) is 0 Å². The SMILES string of the molecule is CC[C@@]1(c2ccc(OC)cc2)NC(=O)N(CC(=O)Nc2ccc3ccccc3c2)C1=O. The Kier molecular flexibility index (Phi) is 5.33. The van der Waals surface area contributed by atoms with Gasteiger partial charge in [-0.2, -0.15) is 0 Å². The van der Waals surface area contributed by atoms with Crippen molar-refractivity contribution in [2.24, 2.45) is 0 Å². The summed E-state index contributed by atoms with van der Waals surface area (Å²) in [6.07, 6.45) is 0.354. The molecule has 0 aromatic heterocycles. The fourth-order valence-electron chi connectivity index (χ4n) is 3.90. The summed E-state index contributed by atoms with van der Waals surface area (Å²) in [5.41, 5.74) is 0.0475. The molecule has 1 aliphatic heterocycles. The number of carbonyl (C=O) groups is 3. The van der Waals surface area contributed by atoms with Gasteiger partial charge in [-0.3, -0.25) is 14.5 Å². The van der Waals surface area contributed by atoms with Gasteiger partial charge in [0.2, 0.25) is 5.91 Å². The highest BCUT2D eigenvalue weighted by atomic mass is 16.5. The molecule has 1 saturated heterocycles. The molecule has 0 saturated carbocycles. The number of amides is 4. The molecule has 7 nitrogen and oxygen atoms in total. The highest BCUT2D eigenvalue weighted by Crippen LogP contribution is 2.33. The number of hydrogen-bond acceptors (Lipinski definition) is 4. The standard InChI is InChI=1S/C24H23N3O4/c1-3-24(18-9-12-20(31-2)13-10-18)22(29)27(23(30)26-24)15-21(28)25-19-11-8-16-6-4-5-7-17(16)14-19/h4-14H,3,15H2,1-2H3,(H,25,28)(H,26,30)/t24-/m0/s1. The van der Waals surface area contributed by atoms with Crippen molar-refractivity contribution in [1.29, 1.82) is 0 Å². The van der Waals surface area contributed by atoms with Gasteiger partial charge in [0.1, 0.15) is 17.8 Å². The zero-order valence-electron chi connectivity index (χ0n) is 17.3. The Labute approximate surface area is 180 Å². The van der Waals surface area contributed by atoms with E-state index in [0.29, 0.717) is 23.4 Å². The number of anilines is 1. The van der Waals surface area contributed by atoms with Gasteiger partial charge in [-0.05, 0) is 47.0 Å². The third-order valence-electron chi connectivity index (χ3n) is 5.62. The van der Waals surface area contributed by atoms with Crippen molar-refractivity contribution in [1.82, 2.24) is 10.2 Å². The van der Waals surface area contributed by atoms with Crippen LogP contribution in [0.5, 0.6) is 5.75 Å². The van der Waals surface area contributed by atoms with Gasteiger partial charge >= 0.3 is 6.03 Å². The van der Waals surface area contributed by atoms with Crippen molar-refractivity contribution in [2.45, 2.75) is 18.9 Å². The highest BCUT2D eigenvalue weighted by molar-refractivity contribution is 6.10. The maximum Gasteiger partial charge on any atom is 0.325 e. The lowest BCUT2D eigenvalue weighted by Crippen LogP contribution is -2.44. The number of urea groups is 1. The average molecular weight is 417 g/mol. The summed E-state index contributed by atoms with van der Waals surface area (Å²) in [5.74, 6) is -0.238. The normalized spacial score (nSPS) is 18.2. The topological polar surface area (TPSA) is 87.7 Å². The van der Waals surface area contributed by atoms with Gasteiger partial charge in [-0.15, -0.1) is 0 Å². The van der Waals surface area contributed by atoms with E-state index in [9.17, 15) is 14.4 Å². The van der Waals surface area contributed by atoms with Crippen LogP contribution in [0.2, 0.25) is 0 Å². The molecule has 158 valence electrons. The second-order valence-electron chi connectivity index (χ2n) is 7.42. The highest BCUT2D eigenvalue weighted by Gasteiger charge is 2.51. The minimum Gasteiger partial charge on any atom is -0.497 e. The zero-order chi connectivity index (χ0) is 22.0. The lowest BCUT2D eigenvalue weighted by Gasteiger charge is -2.26. The van der Waals surface area contributed by atoms with Crippen molar-refractivity contribution in [3.8, 4) is 5.75 Å². The van der Waals surface area contributed by atoms with E-state index in [0.717, 1.165) is 15.7 Å². The largest absolute Gasteiger partial charge is 0.497 e. The number of ether oxygens (including phenoxy) is 1. The van der Waals surface area contributed by atoms with Crippen molar-refractivity contribution in [3.63, 3.8) is 0 Å². The fourth-order valence-corrected chi connectivity index (χ4v) is 3.90. The molecule has 2 N–H and O–H groups in total. The second kappa shape index (κ2) is 8.10. The van der Waals surface area contributed by atoms with Gasteiger partial charge in [-0.1, -0.05) is 49.4 Å². The van der Waals surface area contributed by atoms with Crippen LogP contribution in [0.4, 0.5) is 10.5 Å². The van der Waals surface area contributed by atoms with E-state index in [4.69, 9.17) is 4.74 Å². The lowest BCUT2D eigenvalue weighted by molar-refractivity contribution is -0.134. The number of nitrogens with one attached hydrogen (secondary N) is 2. The predicted octanol–water partition coefficient (Wildman–Crippen LogP) is 3.64. The first-order valence-corrected chi connectivity index (χ1v) is 10.0. The van der Waals surface area contributed by atoms with Crippen LogP contribution in [0.1, 0.15) is 18.9 Å². The molecular formula is C24H23N3O4. The molecule has 1 fully saturated rings. The molecule has 0 aliphatic carbocycles. The van der Waals surface area contributed by atoms with E-state index in [1.54, 1.807) is 37.4 Å². The van der Waals surface area contributed by atoms with Crippen molar-refractivity contribution < 1.29 is 19.1 Å². The zero-order valence-corrected chi connectivity index (χ0v) is 17.3. The molecule has 0 bridgehead atoms. The summed E-state index contributed by atoms with van der Waals surface area (Å²) in [6.45, 7) is 1.45.